The number of esters is 1. The number of ether oxygens (including phenoxy) is 2. The Morgan fingerprint density at radius 2 is 1.86 bits per heavy atom. The van der Waals surface area contributed by atoms with Crippen LogP contribution in [-0.2, 0) is 28.5 Å². The molecular weight excluding hydrogens is 549 g/mol. The number of nitrogens with zero attached hydrogens (tertiary/aromatic N) is 4. The number of hydrogen-bond donors (Lipinski definition) is 0. The molecule has 1 aliphatic heterocycles. The van der Waals surface area contributed by atoms with Gasteiger partial charge in [0, 0.05) is 31.3 Å². The maximum absolute atomic E-state index is 13.2. The number of oxazole rings is 1. The summed E-state index contributed by atoms with van der Waals surface area (Å²) in [6.07, 6.45) is -1.63. The lowest BCUT2D eigenvalue weighted by molar-refractivity contribution is -0.146. The van der Waals surface area contributed by atoms with E-state index in [1.807, 2.05) is 61.5 Å². The van der Waals surface area contributed by atoms with Crippen molar-refractivity contribution in [2.24, 2.45) is 11.8 Å². The minimum atomic E-state index is -4.58. The molecule has 0 spiro atoms. The molecule has 1 saturated heterocycles. The van der Waals surface area contributed by atoms with Crippen LogP contribution in [0.3, 0.4) is 0 Å². The van der Waals surface area contributed by atoms with Gasteiger partial charge < -0.3 is 18.8 Å². The van der Waals surface area contributed by atoms with Gasteiger partial charge in [-0.2, -0.15) is 13.2 Å². The summed E-state index contributed by atoms with van der Waals surface area (Å²) in [5.74, 6) is 0.966. The highest BCUT2D eigenvalue weighted by Crippen LogP contribution is 2.33. The Kier molecular flexibility index (Phi) is 8.75. The molecular formula is C31H31F3N4O4. The van der Waals surface area contributed by atoms with Gasteiger partial charge in [-0.1, -0.05) is 30.3 Å². The lowest BCUT2D eigenvalue weighted by Crippen LogP contribution is -2.26. The van der Waals surface area contributed by atoms with E-state index in [9.17, 15) is 18.0 Å². The largest absolute Gasteiger partial charge is 0.493 e. The summed E-state index contributed by atoms with van der Waals surface area (Å²) in [5, 5.41) is 0. The van der Waals surface area contributed by atoms with E-state index in [1.54, 1.807) is 4.90 Å². The second-order valence-corrected chi connectivity index (χ2v) is 10.2. The second-order valence-electron chi connectivity index (χ2n) is 10.2. The van der Waals surface area contributed by atoms with Crippen LogP contribution in [0.1, 0.15) is 29.1 Å². The number of hydrogen-bond acceptors (Lipinski definition) is 8. The second kappa shape index (κ2) is 12.6. The summed E-state index contributed by atoms with van der Waals surface area (Å²) in [6, 6.07) is 18.3. The van der Waals surface area contributed by atoms with Gasteiger partial charge in [-0.05, 0) is 61.6 Å². The summed E-state index contributed by atoms with van der Waals surface area (Å²) in [5.41, 5.74) is 1.77. The first-order valence-electron chi connectivity index (χ1n) is 13.7. The maximum atomic E-state index is 13.2. The minimum absolute atomic E-state index is 0.0464. The molecule has 4 aromatic rings. The molecule has 0 radical (unpaired) electrons. The number of halogens is 3. The molecule has 1 fully saturated rings. The number of rotatable bonds is 10. The molecule has 1 aliphatic rings. The van der Waals surface area contributed by atoms with E-state index in [0.29, 0.717) is 44.1 Å². The SMILES string of the molecule is COC(=O)[C@H]1CN(c2nccc(C(F)(F)F)n2)C[C@H]1CCc1cccc(OCCc2nc(-c3ccccc3)oc2C)c1. The monoisotopic (exact) mass is 580 g/mol. The van der Waals surface area contributed by atoms with Crippen molar-refractivity contribution in [1.29, 1.82) is 0 Å². The number of aromatic nitrogens is 3. The van der Waals surface area contributed by atoms with Crippen LogP contribution in [0.15, 0.2) is 71.3 Å². The summed E-state index contributed by atoms with van der Waals surface area (Å²) in [7, 11) is 1.31. The van der Waals surface area contributed by atoms with E-state index in [4.69, 9.17) is 13.9 Å². The van der Waals surface area contributed by atoms with Crippen molar-refractivity contribution in [3.8, 4) is 17.2 Å². The van der Waals surface area contributed by atoms with Crippen LogP contribution < -0.4 is 9.64 Å². The first-order chi connectivity index (χ1) is 20.2. The highest BCUT2D eigenvalue weighted by Gasteiger charge is 2.40. The number of anilines is 1. The van der Waals surface area contributed by atoms with E-state index in [2.05, 4.69) is 15.0 Å². The first-order valence-corrected chi connectivity index (χ1v) is 13.7. The van der Waals surface area contributed by atoms with Gasteiger partial charge in [0.05, 0.1) is 25.3 Å². The molecule has 42 heavy (non-hydrogen) atoms. The number of carbonyl (C=O) groups is 1. The first kappa shape index (κ1) is 29.1. The van der Waals surface area contributed by atoms with E-state index in [1.165, 1.54) is 7.11 Å². The molecule has 2 aromatic carbocycles. The van der Waals surface area contributed by atoms with Crippen molar-refractivity contribution in [2.75, 3.05) is 31.7 Å². The van der Waals surface area contributed by atoms with Crippen molar-refractivity contribution in [3.05, 3.63) is 89.6 Å². The molecule has 220 valence electrons. The molecule has 5 rings (SSSR count). The minimum Gasteiger partial charge on any atom is -0.493 e. The fourth-order valence-corrected chi connectivity index (χ4v) is 5.18. The number of aryl methyl sites for hydroxylation is 2. The average Bonchev–Trinajstić information content (AvgIpc) is 3.60. The lowest BCUT2D eigenvalue weighted by Gasteiger charge is -2.17. The van der Waals surface area contributed by atoms with Gasteiger partial charge in [0.1, 0.15) is 17.2 Å². The zero-order chi connectivity index (χ0) is 29.7. The van der Waals surface area contributed by atoms with E-state index in [0.717, 1.165) is 34.8 Å². The third-order valence-corrected chi connectivity index (χ3v) is 7.38. The highest BCUT2D eigenvalue weighted by molar-refractivity contribution is 5.74. The molecule has 0 unspecified atom stereocenters. The van der Waals surface area contributed by atoms with Crippen LogP contribution in [0, 0.1) is 18.8 Å². The number of methoxy groups -OCH3 is 1. The summed E-state index contributed by atoms with van der Waals surface area (Å²) in [6.45, 7) is 2.85. The van der Waals surface area contributed by atoms with Gasteiger partial charge in [-0.15, -0.1) is 0 Å². The van der Waals surface area contributed by atoms with Crippen molar-refractivity contribution in [3.63, 3.8) is 0 Å². The smallest absolute Gasteiger partial charge is 0.433 e. The number of benzene rings is 2. The predicted octanol–water partition coefficient (Wildman–Crippen LogP) is 5.94. The van der Waals surface area contributed by atoms with Crippen LogP contribution in [0.2, 0.25) is 0 Å². The lowest BCUT2D eigenvalue weighted by atomic mass is 9.90. The molecule has 8 nitrogen and oxygen atoms in total. The number of alkyl halides is 3. The maximum Gasteiger partial charge on any atom is 0.433 e. The van der Waals surface area contributed by atoms with Crippen LogP contribution in [0.4, 0.5) is 19.1 Å². The average molecular weight is 581 g/mol. The molecule has 0 amide bonds. The molecule has 11 heteroatoms. The molecule has 3 heterocycles. The Morgan fingerprint density at radius 1 is 1.05 bits per heavy atom. The topological polar surface area (TPSA) is 90.6 Å². The normalized spacial score (nSPS) is 16.9. The Balaban J connectivity index is 1.18. The zero-order valence-corrected chi connectivity index (χ0v) is 23.3. The van der Waals surface area contributed by atoms with Crippen molar-refractivity contribution < 1.29 is 31.9 Å². The van der Waals surface area contributed by atoms with Crippen molar-refractivity contribution in [1.82, 2.24) is 15.0 Å². The zero-order valence-electron chi connectivity index (χ0n) is 23.3. The number of carbonyl (C=O) groups excluding carboxylic acids is 1. The Morgan fingerprint density at radius 3 is 2.62 bits per heavy atom. The van der Waals surface area contributed by atoms with E-state index < -0.39 is 23.8 Å². The van der Waals surface area contributed by atoms with Crippen molar-refractivity contribution >= 4 is 11.9 Å². The standard InChI is InChI=1S/C31H31F3N4O4/c1-20-26(36-28(42-20)22-8-4-3-5-9-22)14-16-41-24-10-6-7-21(17-24)11-12-23-18-38(19-25(23)29(39)40-2)30-35-15-13-27(37-30)31(32,33)34/h3-10,13,15,17,23,25H,11-12,14,16,18-19H2,1-2H3/t23-,25+/m1/s1. The molecule has 0 N–H and O–H groups in total. The quantitative estimate of drug-likeness (QED) is 0.213. The van der Waals surface area contributed by atoms with E-state index in [-0.39, 0.29) is 18.4 Å². The van der Waals surface area contributed by atoms with Crippen LogP contribution >= 0.6 is 0 Å². The Bertz CT molecular complexity index is 1510. The Labute approximate surface area is 241 Å². The fourth-order valence-electron chi connectivity index (χ4n) is 5.18. The molecule has 2 aromatic heterocycles. The van der Waals surface area contributed by atoms with Gasteiger partial charge in [-0.3, -0.25) is 4.79 Å². The third kappa shape index (κ3) is 6.89. The van der Waals surface area contributed by atoms with Crippen LogP contribution in [0.25, 0.3) is 11.5 Å². The Hall–Kier alpha value is -4.41. The van der Waals surface area contributed by atoms with Gasteiger partial charge >= 0.3 is 12.1 Å². The summed E-state index contributed by atoms with van der Waals surface area (Å²) >= 11 is 0. The predicted molar refractivity (Wildman–Crippen MR) is 149 cm³/mol. The van der Waals surface area contributed by atoms with E-state index >= 15 is 0 Å². The molecule has 0 bridgehead atoms. The molecule has 0 saturated carbocycles. The fraction of sp³-hybridized carbons (Fsp3) is 0.355. The summed E-state index contributed by atoms with van der Waals surface area (Å²) < 4.78 is 56.4. The third-order valence-electron chi connectivity index (χ3n) is 7.38. The van der Waals surface area contributed by atoms with Gasteiger partial charge in [0.25, 0.3) is 0 Å². The van der Waals surface area contributed by atoms with Crippen LogP contribution in [0.5, 0.6) is 5.75 Å². The highest BCUT2D eigenvalue weighted by atomic mass is 19.4. The van der Waals surface area contributed by atoms with Crippen LogP contribution in [-0.4, -0.2) is 47.7 Å². The molecule has 0 aliphatic carbocycles. The van der Waals surface area contributed by atoms with Gasteiger partial charge in [-0.25, -0.2) is 15.0 Å². The summed E-state index contributed by atoms with van der Waals surface area (Å²) in [4.78, 5) is 26.5. The molecule has 2 atom stereocenters. The van der Waals surface area contributed by atoms with Crippen molar-refractivity contribution in [2.45, 2.75) is 32.4 Å². The van der Waals surface area contributed by atoms with Gasteiger partial charge in [0.15, 0.2) is 0 Å². The van der Waals surface area contributed by atoms with Gasteiger partial charge in [0.2, 0.25) is 11.8 Å².